The number of hydrogen-bond acceptors (Lipinski definition) is 2. The summed E-state index contributed by atoms with van der Waals surface area (Å²) < 4.78 is 4.86. The highest BCUT2D eigenvalue weighted by Crippen LogP contribution is 1.98. The molecule has 0 fully saturated rings. The van der Waals surface area contributed by atoms with E-state index >= 15 is 0 Å². The molecule has 2 heteroatoms. The number of hydrogen-bond donors (Lipinski definition) is 0. The number of rotatable bonds is 14. The zero-order chi connectivity index (χ0) is 17.7. The minimum absolute atomic E-state index is 0.121. The average Bonchev–Trinajstić information content (AvgIpc) is 2.58. The van der Waals surface area contributed by atoms with Crippen LogP contribution in [0.4, 0.5) is 0 Å². The summed E-state index contributed by atoms with van der Waals surface area (Å²) in [6.45, 7) is 5.96. The van der Waals surface area contributed by atoms with E-state index in [4.69, 9.17) is 4.74 Å². The van der Waals surface area contributed by atoms with Crippen LogP contribution in [0.2, 0.25) is 0 Å². The number of carbonyl (C=O) groups excluding carboxylic acids is 1. The van der Waals surface area contributed by atoms with Gasteiger partial charge in [0.2, 0.25) is 0 Å². The van der Waals surface area contributed by atoms with Gasteiger partial charge in [0.15, 0.2) is 0 Å². The molecule has 0 aliphatic carbocycles. The fourth-order valence-corrected chi connectivity index (χ4v) is 1.83. The van der Waals surface area contributed by atoms with Crippen molar-refractivity contribution in [2.45, 2.75) is 51.9 Å². The van der Waals surface area contributed by atoms with Crippen LogP contribution in [0.25, 0.3) is 0 Å². The first kappa shape index (κ1) is 21.9. The van der Waals surface area contributed by atoms with Crippen molar-refractivity contribution in [2.24, 2.45) is 0 Å². The summed E-state index contributed by atoms with van der Waals surface area (Å²) in [5.74, 6) is -0.121. The van der Waals surface area contributed by atoms with Gasteiger partial charge in [0, 0.05) is 6.42 Å². The van der Waals surface area contributed by atoms with Gasteiger partial charge >= 0.3 is 5.97 Å². The normalized spacial score (nSPS) is 12.4. The van der Waals surface area contributed by atoms with Crippen molar-refractivity contribution >= 4 is 5.97 Å². The first-order valence-electron chi connectivity index (χ1n) is 8.82. The Hall–Kier alpha value is -2.09. The highest BCUT2D eigenvalue weighted by atomic mass is 16.5. The Bertz CT molecular complexity index is 451. The predicted molar refractivity (Wildman–Crippen MR) is 105 cm³/mol. The van der Waals surface area contributed by atoms with Crippen LogP contribution in [-0.4, -0.2) is 12.6 Å². The van der Waals surface area contributed by atoms with Gasteiger partial charge in [-0.2, -0.15) is 0 Å². The summed E-state index contributed by atoms with van der Waals surface area (Å²) in [5.41, 5.74) is 0. The third-order valence-corrected chi connectivity index (χ3v) is 3.05. The van der Waals surface area contributed by atoms with Crippen molar-refractivity contribution in [3.8, 4) is 0 Å². The lowest BCUT2D eigenvalue weighted by molar-refractivity contribution is -0.142. The fourth-order valence-electron chi connectivity index (χ4n) is 1.83. The minimum Gasteiger partial charge on any atom is -0.466 e. The van der Waals surface area contributed by atoms with Gasteiger partial charge in [0.05, 0.1) is 6.61 Å². The first-order valence-corrected chi connectivity index (χ1v) is 8.82. The maximum absolute atomic E-state index is 11.1. The first-order chi connectivity index (χ1) is 11.8. The standard InChI is InChI=1S/C22H32O2/c1-3-5-6-7-8-9-10-11-12-13-14-15-16-17-18-19-20-21-22(23)24-4-2/h3,6-7,9-10,12-13,15-16,18-19H,1,4-5,8,11,14,17,20-21H2,2H3/b7-6-,10-9-,13-12-,16-15+,19-18-. The van der Waals surface area contributed by atoms with Crippen molar-refractivity contribution in [3.05, 3.63) is 73.4 Å². The molecule has 0 aromatic heterocycles. The van der Waals surface area contributed by atoms with E-state index in [0.29, 0.717) is 13.0 Å². The van der Waals surface area contributed by atoms with Crippen molar-refractivity contribution < 1.29 is 9.53 Å². The van der Waals surface area contributed by atoms with Crippen molar-refractivity contribution in [2.75, 3.05) is 6.61 Å². The van der Waals surface area contributed by atoms with Gasteiger partial charge in [-0.1, -0.05) is 66.8 Å². The van der Waals surface area contributed by atoms with Crippen LogP contribution < -0.4 is 0 Å². The van der Waals surface area contributed by atoms with Crippen LogP contribution in [0, 0.1) is 0 Å². The molecule has 0 amide bonds. The van der Waals surface area contributed by atoms with E-state index in [9.17, 15) is 4.79 Å². The summed E-state index contributed by atoms with van der Waals surface area (Å²) >= 11 is 0. The average molecular weight is 328 g/mol. The summed E-state index contributed by atoms with van der Waals surface area (Å²) in [7, 11) is 0. The molecule has 0 bridgehead atoms. The largest absolute Gasteiger partial charge is 0.466 e. The summed E-state index contributed by atoms with van der Waals surface area (Å²) in [6.07, 6.45) is 29.3. The predicted octanol–water partition coefficient (Wildman–Crippen LogP) is 6.25. The van der Waals surface area contributed by atoms with Crippen LogP contribution in [0.15, 0.2) is 73.4 Å². The maximum Gasteiger partial charge on any atom is 0.306 e. The molecule has 0 N–H and O–H groups in total. The van der Waals surface area contributed by atoms with E-state index in [2.05, 4.69) is 61.3 Å². The topological polar surface area (TPSA) is 26.3 Å². The fraction of sp³-hybridized carbons (Fsp3) is 0.409. The third kappa shape index (κ3) is 18.0. The van der Waals surface area contributed by atoms with E-state index in [1.165, 1.54) is 0 Å². The van der Waals surface area contributed by atoms with Crippen LogP contribution >= 0.6 is 0 Å². The summed E-state index contributed by atoms with van der Waals surface area (Å²) in [6, 6.07) is 0. The third-order valence-electron chi connectivity index (χ3n) is 3.05. The lowest BCUT2D eigenvalue weighted by Gasteiger charge is -1.97. The molecule has 0 rings (SSSR count). The molecule has 0 atom stereocenters. The molecule has 0 aromatic rings. The van der Waals surface area contributed by atoms with Crippen molar-refractivity contribution in [1.29, 1.82) is 0 Å². The molecule has 0 aromatic carbocycles. The zero-order valence-electron chi connectivity index (χ0n) is 15.0. The summed E-state index contributed by atoms with van der Waals surface area (Å²) in [4.78, 5) is 11.1. The Labute approximate surface area is 148 Å². The van der Waals surface area contributed by atoms with Crippen LogP contribution in [0.3, 0.4) is 0 Å². The second kappa shape index (κ2) is 19.0. The number of allylic oxidation sites excluding steroid dienone is 11. The van der Waals surface area contributed by atoms with Gasteiger partial charge < -0.3 is 4.74 Å². The van der Waals surface area contributed by atoms with E-state index in [1.807, 2.05) is 19.1 Å². The van der Waals surface area contributed by atoms with Gasteiger partial charge in [-0.25, -0.2) is 0 Å². The Morgan fingerprint density at radius 2 is 1.17 bits per heavy atom. The van der Waals surface area contributed by atoms with Crippen molar-refractivity contribution in [1.82, 2.24) is 0 Å². The number of esters is 1. The van der Waals surface area contributed by atoms with Crippen LogP contribution in [-0.2, 0) is 9.53 Å². The molecular weight excluding hydrogens is 296 g/mol. The molecule has 0 spiro atoms. The quantitative estimate of drug-likeness (QED) is 0.278. The minimum atomic E-state index is -0.121. The molecule has 0 heterocycles. The second-order valence-electron chi connectivity index (χ2n) is 5.17. The molecule has 0 saturated heterocycles. The second-order valence-corrected chi connectivity index (χ2v) is 5.17. The Morgan fingerprint density at radius 1 is 0.750 bits per heavy atom. The van der Waals surface area contributed by atoms with E-state index in [0.717, 1.165) is 38.5 Å². The molecular formula is C22H32O2. The Kier molecular flexibility index (Phi) is 17.3. The van der Waals surface area contributed by atoms with Crippen LogP contribution in [0.5, 0.6) is 0 Å². The molecule has 0 unspecified atom stereocenters. The van der Waals surface area contributed by atoms with Crippen molar-refractivity contribution in [3.63, 3.8) is 0 Å². The Morgan fingerprint density at radius 3 is 1.58 bits per heavy atom. The molecule has 24 heavy (non-hydrogen) atoms. The lowest BCUT2D eigenvalue weighted by atomic mass is 10.2. The monoisotopic (exact) mass is 328 g/mol. The molecule has 0 aliphatic rings. The molecule has 0 aliphatic heterocycles. The van der Waals surface area contributed by atoms with E-state index < -0.39 is 0 Å². The molecule has 2 nitrogen and oxygen atoms in total. The van der Waals surface area contributed by atoms with Gasteiger partial charge in [-0.15, -0.1) is 6.58 Å². The maximum atomic E-state index is 11.1. The Balaban J connectivity index is 3.52. The molecule has 0 radical (unpaired) electrons. The van der Waals surface area contributed by atoms with E-state index in [-0.39, 0.29) is 5.97 Å². The summed E-state index contributed by atoms with van der Waals surface area (Å²) in [5, 5.41) is 0. The van der Waals surface area contributed by atoms with E-state index in [1.54, 1.807) is 0 Å². The van der Waals surface area contributed by atoms with Gasteiger partial charge in [-0.05, 0) is 45.4 Å². The van der Waals surface area contributed by atoms with Gasteiger partial charge in [0.25, 0.3) is 0 Å². The molecule has 0 saturated carbocycles. The van der Waals surface area contributed by atoms with Gasteiger partial charge in [-0.3, -0.25) is 4.79 Å². The number of ether oxygens (including phenoxy) is 1. The highest BCUT2D eigenvalue weighted by Gasteiger charge is 1.97. The van der Waals surface area contributed by atoms with Crippen LogP contribution in [0.1, 0.15) is 51.9 Å². The SMILES string of the molecule is C=CC/C=C\C/C=C\C/C=C\C/C=C/C/C=C\CCC(=O)OCC. The number of carbonyl (C=O) groups is 1. The lowest BCUT2D eigenvalue weighted by Crippen LogP contribution is -2.02. The highest BCUT2D eigenvalue weighted by molar-refractivity contribution is 5.69. The zero-order valence-corrected chi connectivity index (χ0v) is 15.0. The van der Waals surface area contributed by atoms with Gasteiger partial charge in [0.1, 0.15) is 0 Å². The molecule has 132 valence electrons. The smallest absolute Gasteiger partial charge is 0.306 e.